The first-order valence-electron chi connectivity index (χ1n) is 5.95. The first-order valence-corrected chi connectivity index (χ1v) is 5.95. The average molecular weight is 217 g/mol. The van der Waals surface area contributed by atoms with Crippen LogP contribution in [0, 0.1) is 5.92 Å². The molecule has 3 heteroatoms. The molecule has 15 heavy (non-hydrogen) atoms. The summed E-state index contributed by atoms with van der Waals surface area (Å²) < 4.78 is 0. The Hall–Kier alpha value is -0.570. The lowest BCUT2D eigenvalue weighted by atomic mass is 10.1. The van der Waals surface area contributed by atoms with Crippen LogP contribution < -0.4 is 0 Å². The molecular weight excluding hydrogens is 190 g/mol. The molecule has 1 aliphatic heterocycles. The van der Waals surface area contributed by atoms with Crippen molar-refractivity contribution in [3.05, 3.63) is 0 Å². The molecule has 1 N–H and O–H groups in total. The van der Waals surface area contributed by atoms with Crippen molar-refractivity contribution in [2.75, 3.05) is 13.6 Å². The van der Waals surface area contributed by atoms with Gasteiger partial charge in [0.25, 0.3) is 0 Å². The van der Waals surface area contributed by atoms with Crippen molar-refractivity contribution in [3.8, 4) is 0 Å². The molecule has 0 aromatic rings. The number of hydrogen-bond acceptors (Lipinski definition) is 2. The maximum atomic E-state index is 10.5. The first kappa shape index (κ1) is 16.8. The van der Waals surface area contributed by atoms with Crippen molar-refractivity contribution in [2.45, 2.75) is 53.5 Å². The molecule has 0 aliphatic carbocycles. The van der Waals surface area contributed by atoms with E-state index in [-0.39, 0.29) is 6.04 Å². The second-order valence-electron chi connectivity index (χ2n) is 3.84. The fourth-order valence-corrected chi connectivity index (χ4v) is 1.54. The highest BCUT2D eigenvalue weighted by atomic mass is 16.4. The van der Waals surface area contributed by atoms with Crippen LogP contribution in [0.2, 0.25) is 0 Å². The van der Waals surface area contributed by atoms with E-state index < -0.39 is 5.97 Å². The number of rotatable bonds is 1. The summed E-state index contributed by atoms with van der Waals surface area (Å²) in [5.74, 6) is -0.155. The Balaban J connectivity index is 0. The Labute approximate surface area is 94.5 Å². The molecule has 0 bridgehead atoms. The Morgan fingerprint density at radius 3 is 1.93 bits per heavy atom. The summed E-state index contributed by atoms with van der Waals surface area (Å²) in [4.78, 5) is 12.4. The van der Waals surface area contributed by atoms with Gasteiger partial charge in [-0.25, -0.2) is 0 Å². The number of likely N-dealkylation sites (N-methyl/N-ethyl adjacent to an activating group) is 1. The van der Waals surface area contributed by atoms with E-state index in [0.717, 1.165) is 13.0 Å². The highest BCUT2D eigenvalue weighted by Crippen LogP contribution is 2.20. The van der Waals surface area contributed by atoms with Crippen LogP contribution in [-0.2, 0) is 4.79 Å². The van der Waals surface area contributed by atoms with Crippen molar-refractivity contribution in [1.82, 2.24) is 4.90 Å². The molecular formula is C12H27NO2. The molecule has 1 heterocycles. The smallest absolute Gasteiger partial charge is 0.320 e. The zero-order valence-corrected chi connectivity index (χ0v) is 11.1. The van der Waals surface area contributed by atoms with Gasteiger partial charge in [-0.2, -0.15) is 0 Å². The van der Waals surface area contributed by atoms with Crippen LogP contribution in [0.5, 0.6) is 0 Å². The molecule has 0 aromatic heterocycles. The number of carbonyl (C=O) groups is 1. The second kappa shape index (κ2) is 9.97. The third-order valence-electron chi connectivity index (χ3n) is 2.04. The van der Waals surface area contributed by atoms with Gasteiger partial charge < -0.3 is 5.11 Å². The number of carboxylic acids is 1. The third-order valence-corrected chi connectivity index (χ3v) is 2.04. The van der Waals surface area contributed by atoms with E-state index >= 15 is 0 Å². The van der Waals surface area contributed by atoms with Gasteiger partial charge in [0.05, 0.1) is 0 Å². The molecule has 2 atom stereocenters. The van der Waals surface area contributed by atoms with Crippen LogP contribution in [0.1, 0.15) is 47.5 Å². The fraction of sp³-hybridized carbons (Fsp3) is 0.917. The molecule has 0 aromatic carbocycles. The highest BCUT2D eigenvalue weighted by molar-refractivity contribution is 5.73. The number of aliphatic carboxylic acids is 1. The highest BCUT2D eigenvalue weighted by Gasteiger charge is 2.31. The fourth-order valence-electron chi connectivity index (χ4n) is 1.54. The van der Waals surface area contributed by atoms with E-state index in [0.29, 0.717) is 5.92 Å². The van der Waals surface area contributed by atoms with Crippen molar-refractivity contribution < 1.29 is 9.90 Å². The lowest BCUT2D eigenvalue weighted by Gasteiger charge is -2.13. The molecule has 0 radical (unpaired) electrons. The summed E-state index contributed by atoms with van der Waals surface area (Å²) in [5, 5.41) is 8.66. The van der Waals surface area contributed by atoms with E-state index in [1.54, 1.807) is 0 Å². The van der Waals surface area contributed by atoms with Crippen LogP contribution in [0.25, 0.3) is 0 Å². The standard InChI is InChI=1S/C7H13NO2.C3H8.C2H6/c1-5-3-6(7(9)10)8(2)4-5;1-3-2;1-2/h5-6H,3-4H2,1-2H3,(H,9,10);3H2,1-2H3;1-2H3. The number of nitrogens with zero attached hydrogens (tertiary/aromatic N) is 1. The van der Waals surface area contributed by atoms with Crippen LogP contribution in [0.3, 0.4) is 0 Å². The average Bonchev–Trinajstić information content (AvgIpc) is 2.50. The lowest BCUT2D eigenvalue weighted by molar-refractivity contribution is -0.141. The summed E-state index contributed by atoms with van der Waals surface area (Å²) in [6.45, 7) is 11.2. The number of likely N-dealkylation sites (tertiary alicyclic amines) is 1. The molecule has 2 unspecified atom stereocenters. The lowest BCUT2D eigenvalue weighted by Crippen LogP contribution is -2.32. The van der Waals surface area contributed by atoms with Gasteiger partial charge in [-0.3, -0.25) is 9.69 Å². The minimum Gasteiger partial charge on any atom is -0.480 e. The largest absolute Gasteiger partial charge is 0.480 e. The van der Waals surface area contributed by atoms with Crippen molar-refractivity contribution in [3.63, 3.8) is 0 Å². The Morgan fingerprint density at radius 1 is 1.40 bits per heavy atom. The summed E-state index contributed by atoms with van der Waals surface area (Å²) in [6, 6.07) is -0.241. The van der Waals surface area contributed by atoms with Crippen LogP contribution >= 0.6 is 0 Å². The molecule has 1 rings (SSSR count). The number of carboxylic acid groups (broad SMARTS) is 1. The molecule has 92 valence electrons. The minimum atomic E-state index is -0.688. The molecule has 1 saturated heterocycles. The van der Waals surface area contributed by atoms with E-state index in [9.17, 15) is 4.79 Å². The van der Waals surface area contributed by atoms with Crippen molar-refractivity contribution in [1.29, 1.82) is 0 Å². The monoisotopic (exact) mass is 217 g/mol. The maximum Gasteiger partial charge on any atom is 0.320 e. The van der Waals surface area contributed by atoms with E-state index in [1.165, 1.54) is 6.42 Å². The van der Waals surface area contributed by atoms with Crippen molar-refractivity contribution >= 4 is 5.97 Å². The molecule has 3 nitrogen and oxygen atoms in total. The van der Waals surface area contributed by atoms with Gasteiger partial charge in [0, 0.05) is 6.54 Å². The quantitative estimate of drug-likeness (QED) is 0.734. The minimum absolute atomic E-state index is 0.241. The summed E-state index contributed by atoms with van der Waals surface area (Å²) in [5.41, 5.74) is 0. The van der Waals surface area contributed by atoms with Gasteiger partial charge in [0.15, 0.2) is 0 Å². The van der Waals surface area contributed by atoms with Gasteiger partial charge in [-0.15, -0.1) is 0 Å². The summed E-state index contributed by atoms with van der Waals surface area (Å²) in [7, 11) is 1.86. The Bertz CT molecular complexity index is 160. The van der Waals surface area contributed by atoms with E-state index in [1.807, 2.05) is 25.8 Å². The maximum absolute atomic E-state index is 10.5. The molecule has 1 aliphatic rings. The SMILES string of the molecule is CC.CC1CC(C(=O)O)N(C)C1.CCC. The molecule has 0 spiro atoms. The van der Waals surface area contributed by atoms with Gasteiger partial charge in [0.2, 0.25) is 0 Å². The van der Waals surface area contributed by atoms with Gasteiger partial charge in [-0.1, -0.05) is 41.0 Å². The van der Waals surface area contributed by atoms with Gasteiger partial charge in [-0.05, 0) is 19.4 Å². The van der Waals surface area contributed by atoms with Crippen LogP contribution in [0.4, 0.5) is 0 Å². The van der Waals surface area contributed by atoms with Gasteiger partial charge >= 0.3 is 5.97 Å². The summed E-state index contributed by atoms with van der Waals surface area (Å²) >= 11 is 0. The first-order chi connectivity index (χ1) is 7.02. The predicted molar refractivity (Wildman–Crippen MR) is 65.1 cm³/mol. The molecule has 1 fully saturated rings. The zero-order valence-electron chi connectivity index (χ0n) is 11.1. The van der Waals surface area contributed by atoms with Crippen LogP contribution in [-0.4, -0.2) is 35.6 Å². The Kier molecular flexibility index (Phi) is 11.2. The van der Waals surface area contributed by atoms with E-state index in [4.69, 9.17) is 5.11 Å². The topological polar surface area (TPSA) is 40.5 Å². The Morgan fingerprint density at radius 2 is 1.80 bits per heavy atom. The van der Waals surface area contributed by atoms with E-state index in [2.05, 4.69) is 20.8 Å². The predicted octanol–water partition coefficient (Wildman–Crippen LogP) is 2.85. The molecule has 0 saturated carbocycles. The zero-order chi connectivity index (χ0) is 12.4. The normalized spacial score (nSPS) is 24.7. The second-order valence-corrected chi connectivity index (χ2v) is 3.84. The third kappa shape index (κ3) is 7.37. The molecule has 0 amide bonds. The number of hydrogen-bond donors (Lipinski definition) is 1. The van der Waals surface area contributed by atoms with Gasteiger partial charge in [0.1, 0.15) is 6.04 Å². The summed E-state index contributed by atoms with van der Waals surface area (Å²) in [6.07, 6.45) is 2.05. The van der Waals surface area contributed by atoms with Crippen LogP contribution in [0.15, 0.2) is 0 Å². The van der Waals surface area contributed by atoms with Crippen molar-refractivity contribution in [2.24, 2.45) is 5.92 Å².